The number of nitrogen functional groups attached to an aromatic ring is 2. The number of epoxide rings is 4. The molecule has 2 aromatic carbocycles. The van der Waals surface area contributed by atoms with Gasteiger partial charge < -0.3 is 30.4 Å². The Bertz CT molecular complexity index is 963. The molecule has 0 aliphatic carbocycles. The van der Waals surface area contributed by atoms with Gasteiger partial charge >= 0.3 is 0 Å². The molecule has 4 fully saturated rings. The second kappa shape index (κ2) is 7.48. The zero-order valence-corrected chi connectivity index (χ0v) is 17.7. The summed E-state index contributed by atoms with van der Waals surface area (Å²) in [6.45, 7) is 3.22. The van der Waals surface area contributed by atoms with Crippen LogP contribution in [-0.4, -0.2) is 50.8 Å². The summed E-state index contributed by atoms with van der Waals surface area (Å²) in [6.07, 6.45) is 4.50. The minimum absolute atomic E-state index is 0.221. The Balaban J connectivity index is 1.56. The molecule has 4 atom stereocenters. The molecule has 0 radical (unpaired) electrons. The Kier molecular flexibility index (Phi) is 4.72. The maximum atomic E-state index is 6.80. The highest BCUT2D eigenvalue weighted by Crippen LogP contribution is 2.51. The van der Waals surface area contributed by atoms with Gasteiger partial charge in [-0.3, -0.25) is 0 Å². The van der Waals surface area contributed by atoms with Gasteiger partial charge in [0.05, 0.1) is 50.8 Å². The molecular formula is C25H30N2O4. The van der Waals surface area contributed by atoms with Gasteiger partial charge in [-0.15, -0.1) is 0 Å². The smallest absolute Gasteiger partial charge is 0.0850 e. The van der Waals surface area contributed by atoms with Crippen LogP contribution in [0.5, 0.6) is 0 Å². The van der Waals surface area contributed by atoms with Gasteiger partial charge in [0, 0.05) is 29.6 Å². The first-order valence-electron chi connectivity index (χ1n) is 11.3. The fourth-order valence-corrected chi connectivity index (χ4v) is 5.27. The van der Waals surface area contributed by atoms with Crippen LogP contribution in [0.25, 0.3) is 0 Å². The van der Waals surface area contributed by atoms with Crippen LogP contribution in [0.4, 0.5) is 11.4 Å². The monoisotopic (exact) mass is 422 g/mol. The van der Waals surface area contributed by atoms with E-state index >= 15 is 0 Å². The Morgan fingerprint density at radius 3 is 1.87 bits per heavy atom. The summed E-state index contributed by atoms with van der Waals surface area (Å²) in [7, 11) is 0. The SMILES string of the molecule is Nc1ccccc1C(CC1CO1)(CC1CO1)c1c(N)ccc(CC2CO2)c1CC1CO1. The van der Waals surface area contributed by atoms with Gasteiger partial charge in [0.1, 0.15) is 0 Å². The topological polar surface area (TPSA) is 102 Å². The summed E-state index contributed by atoms with van der Waals surface area (Å²) >= 11 is 0. The van der Waals surface area contributed by atoms with E-state index in [0.717, 1.165) is 69.0 Å². The number of anilines is 2. The number of rotatable bonds is 10. The Labute approximate surface area is 182 Å². The second-order valence-corrected chi connectivity index (χ2v) is 9.47. The van der Waals surface area contributed by atoms with Gasteiger partial charge in [0.2, 0.25) is 0 Å². The van der Waals surface area contributed by atoms with Crippen LogP contribution < -0.4 is 11.5 Å². The minimum atomic E-state index is -0.359. The number of hydrogen-bond donors (Lipinski definition) is 2. The molecule has 0 aromatic heterocycles. The standard InChI is InChI=1S/C25H30N2O4/c26-22-4-2-1-3-21(22)25(9-18-13-30-18,10-19-14-31-19)24-20(8-17-12-29-17)15(5-6-23(24)27)7-16-11-28-16/h1-6,16-19H,7-14,26-27H2. The molecule has 0 saturated carbocycles. The molecule has 2 aromatic rings. The van der Waals surface area contributed by atoms with E-state index < -0.39 is 0 Å². The molecule has 4 aliphatic heterocycles. The first-order valence-corrected chi connectivity index (χ1v) is 11.3. The predicted octanol–water partition coefficient (Wildman–Crippen LogP) is 2.60. The van der Waals surface area contributed by atoms with Gasteiger partial charge in [-0.1, -0.05) is 24.3 Å². The number of nitrogens with two attached hydrogens (primary N) is 2. The van der Waals surface area contributed by atoms with E-state index in [1.807, 2.05) is 12.1 Å². The Morgan fingerprint density at radius 1 is 0.710 bits per heavy atom. The minimum Gasteiger partial charge on any atom is -0.398 e. The Hall–Kier alpha value is -2.12. The number of ether oxygens (including phenoxy) is 4. The van der Waals surface area contributed by atoms with Crippen LogP contribution in [-0.2, 0) is 37.2 Å². The van der Waals surface area contributed by atoms with Crippen molar-refractivity contribution < 1.29 is 18.9 Å². The fraction of sp³-hybridized carbons (Fsp3) is 0.520. The molecule has 4 saturated heterocycles. The third-order valence-electron chi connectivity index (χ3n) is 7.04. The maximum Gasteiger partial charge on any atom is 0.0850 e. The molecular weight excluding hydrogens is 392 g/mol. The van der Waals surface area contributed by atoms with E-state index in [4.69, 9.17) is 30.4 Å². The highest BCUT2D eigenvalue weighted by atomic mass is 16.6. The summed E-state index contributed by atoms with van der Waals surface area (Å²) < 4.78 is 22.8. The lowest BCUT2D eigenvalue weighted by atomic mass is 9.65. The highest BCUT2D eigenvalue weighted by molar-refractivity contribution is 5.65. The van der Waals surface area contributed by atoms with E-state index in [9.17, 15) is 0 Å². The summed E-state index contributed by atoms with van der Waals surface area (Å²) in [5.41, 5.74) is 19.6. The zero-order chi connectivity index (χ0) is 21.0. The molecule has 4 N–H and O–H groups in total. The van der Waals surface area contributed by atoms with Gasteiger partial charge in [0.15, 0.2) is 0 Å². The van der Waals surface area contributed by atoms with Crippen LogP contribution in [0.15, 0.2) is 36.4 Å². The third kappa shape index (κ3) is 4.05. The van der Waals surface area contributed by atoms with E-state index in [0.29, 0.717) is 6.10 Å². The van der Waals surface area contributed by atoms with Crippen molar-refractivity contribution in [1.82, 2.24) is 0 Å². The molecule has 6 rings (SSSR count). The van der Waals surface area contributed by atoms with Gasteiger partial charge in [0.25, 0.3) is 0 Å². The van der Waals surface area contributed by atoms with Crippen molar-refractivity contribution in [1.29, 1.82) is 0 Å². The molecule has 31 heavy (non-hydrogen) atoms. The van der Waals surface area contributed by atoms with Crippen molar-refractivity contribution in [2.75, 3.05) is 37.9 Å². The van der Waals surface area contributed by atoms with Gasteiger partial charge in [-0.05, 0) is 47.2 Å². The Morgan fingerprint density at radius 2 is 1.29 bits per heavy atom. The van der Waals surface area contributed by atoms with E-state index in [2.05, 4.69) is 24.3 Å². The van der Waals surface area contributed by atoms with Crippen molar-refractivity contribution >= 4 is 11.4 Å². The molecule has 4 aliphatic rings. The zero-order valence-electron chi connectivity index (χ0n) is 17.7. The van der Waals surface area contributed by atoms with E-state index in [1.165, 1.54) is 16.7 Å². The van der Waals surface area contributed by atoms with Crippen molar-refractivity contribution in [3.05, 3.63) is 58.7 Å². The van der Waals surface area contributed by atoms with Crippen LogP contribution in [0, 0.1) is 0 Å². The van der Waals surface area contributed by atoms with Crippen molar-refractivity contribution in [3.63, 3.8) is 0 Å². The van der Waals surface area contributed by atoms with Crippen LogP contribution >= 0.6 is 0 Å². The van der Waals surface area contributed by atoms with Crippen LogP contribution in [0.2, 0.25) is 0 Å². The maximum absolute atomic E-state index is 6.80. The van der Waals surface area contributed by atoms with E-state index in [1.54, 1.807) is 0 Å². The average molecular weight is 423 g/mol. The molecule has 4 unspecified atom stereocenters. The highest BCUT2D eigenvalue weighted by Gasteiger charge is 2.48. The fourth-order valence-electron chi connectivity index (χ4n) is 5.27. The van der Waals surface area contributed by atoms with E-state index in [-0.39, 0.29) is 23.7 Å². The lowest BCUT2D eigenvalue weighted by Gasteiger charge is -2.39. The molecule has 164 valence electrons. The number of para-hydroxylation sites is 1. The van der Waals surface area contributed by atoms with Crippen molar-refractivity contribution in [3.8, 4) is 0 Å². The predicted molar refractivity (Wildman–Crippen MR) is 118 cm³/mol. The average Bonchev–Trinajstić information content (AvgIpc) is 3.59. The molecule has 0 amide bonds. The molecule has 6 heteroatoms. The summed E-state index contributed by atoms with van der Waals surface area (Å²) in [4.78, 5) is 0. The lowest BCUT2D eigenvalue weighted by molar-refractivity contribution is 0.299. The van der Waals surface area contributed by atoms with Crippen LogP contribution in [0.3, 0.4) is 0 Å². The first-order chi connectivity index (χ1) is 15.1. The van der Waals surface area contributed by atoms with Crippen LogP contribution in [0.1, 0.15) is 35.1 Å². The number of hydrogen-bond acceptors (Lipinski definition) is 6. The largest absolute Gasteiger partial charge is 0.398 e. The summed E-state index contributed by atoms with van der Waals surface area (Å²) in [5, 5.41) is 0. The first kappa shape index (κ1) is 19.6. The molecule has 0 bridgehead atoms. The molecule has 0 spiro atoms. The normalized spacial score (nSPS) is 29.9. The van der Waals surface area contributed by atoms with Crippen molar-refractivity contribution in [2.45, 2.75) is 55.5 Å². The summed E-state index contributed by atoms with van der Waals surface area (Å²) in [6, 6.07) is 12.5. The van der Waals surface area contributed by atoms with Crippen molar-refractivity contribution in [2.24, 2.45) is 0 Å². The third-order valence-corrected chi connectivity index (χ3v) is 7.04. The summed E-state index contributed by atoms with van der Waals surface area (Å²) in [5.74, 6) is 0. The quantitative estimate of drug-likeness (QED) is 0.451. The second-order valence-electron chi connectivity index (χ2n) is 9.47. The van der Waals surface area contributed by atoms with Gasteiger partial charge in [-0.25, -0.2) is 0 Å². The molecule has 6 nitrogen and oxygen atoms in total. The van der Waals surface area contributed by atoms with Gasteiger partial charge in [-0.2, -0.15) is 0 Å². The molecule has 4 heterocycles. The lowest BCUT2D eigenvalue weighted by Crippen LogP contribution is -2.35. The number of benzene rings is 2.